The fraction of sp³-hybridized carbons (Fsp3) is 0.103. The number of benzene rings is 2. The third-order valence-electron chi connectivity index (χ3n) is 5.80. The lowest BCUT2D eigenvalue weighted by molar-refractivity contribution is 0.0587. The van der Waals surface area contributed by atoms with E-state index in [2.05, 4.69) is 61.9 Å². The van der Waals surface area contributed by atoms with Crippen molar-refractivity contribution in [1.82, 2.24) is 29.9 Å². The Bertz CT molecular complexity index is 1880. The third-order valence-corrected chi connectivity index (χ3v) is 6.79. The Labute approximate surface area is 269 Å². The zero-order valence-corrected chi connectivity index (χ0v) is 25.9. The number of rotatable bonds is 4. The van der Waals surface area contributed by atoms with Gasteiger partial charge in [-0.25, -0.2) is 14.3 Å². The molecule has 0 saturated heterocycles. The molecule has 4 aromatic heterocycles. The molecule has 12 nitrogen and oxygen atoms in total. The second-order valence-electron chi connectivity index (χ2n) is 8.54. The third kappa shape index (κ3) is 8.14. The molecule has 6 rings (SSSR count). The maximum Gasteiger partial charge on any atom is 0.488 e. The molecule has 226 valence electrons. The first kappa shape index (κ1) is 34.1. The van der Waals surface area contributed by atoms with Crippen LogP contribution in [-0.4, -0.2) is 73.3 Å². The highest BCUT2D eigenvalue weighted by Crippen LogP contribution is 2.23. The molecule has 2 aromatic carbocycles. The van der Waals surface area contributed by atoms with Gasteiger partial charge in [-0.1, -0.05) is 57.5 Å². The Morgan fingerprint density at radius 1 is 0.841 bits per heavy atom. The van der Waals surface area contributed by atoms with Crippen molar-refractivity contribution < 1.29 is 29.1 Å². The van der Waals surface area contributed by atoms with Crippen LogP contribution in [0.25, 0.3) is 27.5 Å². The van der Waals surface area contributed by atoms with E-state index in [0.29, 0.717) is 16.2 Å². The summed E-state index contributed by atoms with van der Waals surface area (Å²) in [6.45, 7) is 0. The molecule has 0 aliphatic carbocycles. The summed E-state index contributed by atoms with van der Waals surface area (Å²) >= 11 is 6.64. The molecule has 3 N–H and O–H groups in total. The van der Waals surface area contributed by atoms with Gasteiger partial charge in [-0.15, -0.1) is 0 Å². The van der Waals surface area contributed by atoms with Crippen LogP contribution >= 0.6 is 31.9 Å². The van der Waals surface area contributed by atoms with Crippen molar-refractivity contribution in [2.45, 2.75) is 7.43 Å². The van der Waals surface area contributed by atoms with Gasteiger partial charge in [0, 0.05) is 33.7 Å². The number of hydrogen-bond donors (Lipinski definition) is 3. The van der Waals surface area contributed by atoms with Crippen LogP contribution < -0.4 is 5.46 Å². The van der Waals surface area contributed by atoms with Crippen molar-refractivity contribution in [1.29, 1.82) is 0 Å². The molecule has 0 radical (unpaired) electrons. The molecule has 0 unspecified atom stereocenters. The summed E-state index contributed by atoms with van der Waals surface area (Å²) in [5.74, 6) is -0.934. The summed E-state index contributed by atoms with van der Waals surface area (Å²) in [6.07, 6.45) is 6.48. The molecule has 0 aliphatic heterocycles. The zero-order chi connectivity index (χ0) is 30.9. The Morgan fingerprint density at radius 2 is 1.45 bits per heavy atom. The van der Waals surface area contributed by atoms with Gasteiger partial charge in [0.15, 0.2) is 11.4 Å². The highest BCUT2D eigenvalue weighted by Gasteiger charge is 2.18. The number of fused-ring (bicyclic) bond motifs is 2. The monoisotopic (exact) mass is 724 g/mol. The number of H-pyrrole nitrogens is 1. The molecular weight excluding hydrogens is 699 g/mol. The molecule has 0 atom stereocenters. The van der Waals surface area contributed by atoms with Crippen LogP contribution in [0.4, 0.5) is 0 Å². The summed E-state index contributed by atoms with van der Waals surface area (Å²) in [7, 11) is 1.28. The van der Waals surface area contributed by atoms with Gasteiger partial charge in [-0.3, -0.25) is 15.1 Å². The minimum Gasteiger partial charge on any atom is -0.464 e. The molecule has 4 heterocycles. The molecule has 6 aromatic rings. The number of carbonyl (C=O) groups is 2. The van der Waals surface area contributed by atoms with Crippen molar-refractivity contribution >= 4 is 78.2 Å². The van der Waals surface area contributed by atoms with E-state index < -0.39 is 19.1 Å². The molecule has 15 heteroatoms. The van der Waals surface area contributed by atoms with E-state index in [4.69, 9.17) is 14.8 Å². The summed E-state index contributed by atoms with van der Waals surface area (Å²) in [5.41, 5.74) is 3.45. The average molecular weight is 726 g/mol. The first-order chi connectivity index (χ1) is 20.7. The van der Waals surface area contributed by atoms with Crippen LogP contribution in [-0.2, 0) is 9.47 Å². The highest BCUT2D eigenvalue weighted by molar-refractivity contribution is 9.10. The second kappa shape index (κ2) is 15.9. The van der Waals surface area contributed by atoms with E-state index in [-0.39, 0.29) is 18.8 Å². The van der Waals surface area contributed by atoms with Gasteiger partial charge >= 0.3 is 19.1 Å². The molecule has 0 aliphatic rings. The normalized spacial score (nSPS) is 10.0. The number of hydrogen-bond acceptors (Lipinski definition) is 10. The topological polar surface area (TPSA) is 165 Å². The molecular formula is C29H27BBr2N6O6. The van der Waals surface area contributed by atoms with Crippen LogP contribution in [0.15, 0.2) is 94.4 Å². The molecule has 0 bridgehead atoms. The van der Waals surface area contributed by atoms with E-state index in [1.807, 2.05) is 36.4 Å². The van der Waals surface area contributed by atoms with Gasteiger partial charge in [0.25, 0.3) is 0 Å². The number of aromatic amines is 1. The van der Waals surface area contributed by atoms with Gasteiger partial charge in [-0.2, -0.15) is 10.2 Å². The maximum absolute atomic E-state index is 11.8. The standard InChI is InChI=1S/C14H10BrN3O2.C8H7N3O2.C6H6BBrO2.CH4/c1-20-14(19)13-11-8-16-6-5-12(11)18(17-13)10-4-2-3-9(15)7-10;1-13-8(12)7-5-4-9-3-2-6(5)10-11-7;8-6-3-1-2-5(4-6)7(9)10;/h2-8H,1H3;2-4H,1H3,(H,10,11);1-4,9-10H;1H4. The Balaban J connectivity index is 0.000000191. The lowest BCUT2D eigenvalue weighted by Gasteiger charge is -2.03. The van der Waals surface area contributed by atoms with E-state index >= 15 is 0 Å². The molecule has 0 amide bonds. The number of esters is 2. The number of aromatic nitrogens is 6. The Morgan fingerprint density at radius 3 is 2.07 bits per heavy atom. The van der Waals surface area contributed by atoms with E-state index in [0.717, 1.165) is 25.7 Å². The van der Waals surface area contributed by atoms with Crippen molar-refractivity contribution in [3.63, 3.8) is 0 Å². The Hall–Kier alpha value is -4.44. The van der Waals surface area contributed by atoms with Crippen LogP contribution in [0.1, 0.15) is 28.4 Å². The molecule has 44 heavy (non-hydrogen) atoms. The molecule has 0 spiro atoms. The van der Waals surface area contributed by atoms with Crippen LogP contribution in [0, 0.1) is 0 Å². The minimum atomic E-state index is -1.38. The number of halogens is 2. The predicted molar refractivity (Wildman–Crippen MR) is 174 cm³/mol. The smallest absolute Gasteiger partial charge is 0.464 e. The number of nitrogens with one attached hydrogen (secondary N) is 1. The van der Waals surface area contributed by atoms with Crippen LogP contribution in [0.3, 0.4) is 0 Å². The lowest BCUT2D eigenvalue weighted by atomic mass is 9.81. The summed E-state index contributed by atoms with van der Waals surface area (Å²) in [4.78, 5) is 30.9. The SMILES string of the molecule is C.COC(=O)c1n[nH]c2ccncc12.COC(=O)c1nn(-c2cccc(Br)c2)c2ccncc12.OB(O)c1cccc(Br)c1. The highest BCUT2D eigenvalue weighted by atomic mass is 79.9. The van der Waals surface area contributed by atoms with Crippen molar-refractivity contribution in [2.75, 3.05) is 14.2 Å². The minimum absolute atomic E-state index is 0. The van der Waals surface area contributed by atoms with E-state index in [1.165, 1.54) is 14.2 Å². The fourth-order valence-corrected chi connectivity index (χ4v) is 4.59. The zero-order valence-electron chi connectivity index (χ0n) is 22.7. The van der Waals surface area contributed by atoms with E-state index in [9.17, 15) is 9.59 Å². The summed E-state index contributed by atoms with van der Waals surface area (Å²) < 4.78 is 12.8. The van der Waals surface area contributed by atoms with Gasteiger partial charge in [0.2, 0.25) is 0 Å². The number of methoxy groups -OCH3 is 2. The molecule has 0 fully saturated rings. The van der Waals surface area contributed by atoms with Gasteiger partial charge < -0.3 is 19.5 Å². The number of nitrogens with zero attached hydrogens (tertiary/aromatic N) is 5. The van der Waals surface area contributed by atoms with Gasteiger partial charge in [-0.05, 0) is 47.9 Å². The number of carbonyl (C=O) groups excluding carboxylic acids is 2. The predicted octanol–water partition coefficient (Wildman–Crippen LogP) is 4.48. The largest absolute Gasteiger partial charge is 0.488 e. The first-order valence-corrected chi connectivity index (χ1v) is 14.0. The van der Waals surface area contributed by atoms with Gasteiger partial charge in [0.05, 0.1) is 41.7 Å². The van der Waals surface area contributed by atoms with Gasteiger partial charge in [0.1, 0.15) is 0 Å². The Kier molecular flexibility index (Phi) is 12.3. The van der Waals surface area contributed by atoms with Crippen LogP contribution in [0.2, 0.25) is 0 Å². The number of ether oxygens (including phenoxy) is 2. The van der Waals surface area contributed by atoms with Crippen molar-refractivity contribution in [3.8, 4) is 5.69 Å². The maximum atomic E-state index is 11.8. The second-order valence-corrected chi connectivity index (χ2v) is 10.4. The van der Waals surface area contributed by atoms with Crippen LogP contribution in [0.5, 0.6) is 0 Å². The number of pyridine rings is 2. The summed E-state index contributed by atoms with van der Waals surface area (Å²) in [5, 5.41) is 29.6. The quantitative estimate of drug-likeness (QED) is 0.174. The summed E-state index contributed by atoms with van der Waals surface area (Å²) in [6, 6.07) is 18.1. The van der Waals surface area contributed by atoms with E-state index in [1.54, 1.807) is 53.7 Å². The lowest BCUT2D eigenvalue weighted by Crippen LogP contribution is -2.29. The molecule has 0 saturated carbocycles. The average Bonchev–Trinajstić information content (AvgIpc) is 3.63. The van der Waals surface area contributed by atoms with Crippen molar-refractivity contribution in [3.05, 3.63) is 106 Å². The van der Waals surface area contributed by atoms with Crippen molar-refractivity contribution in [2.24, 2.45) is 0 Å². The fourth-order valence-electron chi connectivity index (χ4n) is 3.79. The first-order valence-electron chi connectivity index (χ1n) is 12.4.